The molecule has 100 valence electrons. The molecule has 1 aromatic carbocycles. The maximum atomic E-state index is 5.90. The lowest BCUT2D eigenvalue weighted by atomic mass is 9.99. The smallest absolute Gasteiger partial charge is 0.0896 e. The number of nitrogens with one attached hydrogen (secondary N) is 1. The van der Waals surface area contributed by atoms with Crippen molar-refractivity contribution in [2.24, 2.45) is 0 Å². The van der Waals surface area contributed by atoms with Gasteiger partial charge in [0.1, 0.15) is 0 Å². The molecule has 1 saturated heterocycles. The lowest BCUT2D eigenvalue weighted by Gasteiger charge is -2.35. The quantitative estimate of drug-likeness (QED) is 0.843. The fraction of sp³-hybridized carbons (Fsp3) is 0.571. The molecule has 1 heterocycles. The molecule has 0 bridgehead atoms. The molecule has 2 rings (SSSR count). The van der Waals surface area contributed by atoms with Gasteiger partial charge in [0.25, 0.3) is 0 Å². The molecule has 1 fully saturated rings. The van der Waals surface area contributed by atoms with Gasteiger partial charge in [-0.15, -0.1) is 11.8 Å². The zero-order chi connectivity index (χ0) is 13.0. The van der Waals surface area contributed by atoms with Crippen LogP contribution in [0.5, 0.6) is 0 Å². The first-order valence-electron chi connectivity index (χ1n) is 6.35. The normalized spacial score (nSPS) is 22.1. The number of ether oxygens (including phenoxy) is 1. The molecular weight excluding hydrogens is 244 g/mol. The van der Waals surface area contributed by atoms with Crippen LogP contribution in [0.1, 0.15) is 11.6 Å². The van der Waals surface area contributed by atoms with Gasteiger partial charge in [0.2, 0.25) is 0 Å². The van der Waals surface area contributed by atoms with Gasteiger partial charge >= 0.3 is 0 Å². The predicted octanol–water partition coefficient (Wildman–Crippen LogP) is 2.00. The minimum Gasteiger partial charge on any atom is -0.374 e. The lowest BCUT2D eigenvalue weighted by molar-refractivity contribution is -0.0211. The fourth-order valence-corrected chi connectivity index (χ4v) is 2.84. The van der Waals surface area contributed by atoms with Crippen molar-refractivity contribution in [3.05, 3.63) is 29.8 Å². The summed E-state index contributed by atoms with van der Waals surface area (Å²) >= 11 is 1.78. The van der Waals surface area contributed by atoms with E-state index < -0.39 is 0 Å². The van der Waals surface area contributed by atoms with Gasteiger partial charge in [0, 0.05) is 18.0 Å². The lowest BCUT2D eigenvalue weighted by Crippen LogP contribution is -2.45. The highest BCUT2D eigenvalue weighted by atomic mass is 32.2. The van der Waals surface area contributed by atoms with Crippen molar-refractivity contribution >= 4 is 11.8 Å². The summed E-state index contributed by atoms with van der Waals surface area (Å²) in [6.45, 7) is 2.69. The summed E-state index contributed by atoms with van der Waals surface area (Å²) in [5.41, 5.74) is 1.33. The summed E-state index contributed by atoms with van der Waals surface area (Å²) in [6, 6.07) is 9.12. The van der Waals surface area contributed by atoms with Crippen LogP contribution in [-0.4, -0.2) is 51.1 Å². The highest BCUT2D eigenvalue weighted by Crippen LogP contribution is 2.26. The van der Waals surface area contributed by atoms with Gasteiger partial charge in [0.15, 0.2) is 0 Å². The van der Waals surface area contributed by atoms with Crippen LogP contribution in [0.4, 0.5) is 0 Å². The Morgan fingerprint density at radius 2 is 2.06 bits per heavy atom. The number of likely N-dealkylation sites (N-methyl/N-ethyl adjacent to an activating group) is 1. The van der Waals surface area contributed by atoms with Gasteiger partial charge in [-0.1, -0.05) is 12.1 Å². The van der Waals surface area contributed by atoms with Gasteiger partial charge < -0.3 is 15.0 Å². The molecule has 0 aliphatic carbocycles. The topological polar surface area (TPSA) is 24.5 Å². The monoisotopic (exact) mass is 266 g/mol. The van der Waals surface area contributed by atoms with Crippen LogP contribution in [-0.2, 0) is 4.74 Å². The largest absolute Gasteiger partial charge is 0.374 e. The Morgan fingerprint density at radius 3 is 2.56 bits per heavy atom. The van der Waals surface area contributed by atoms with Crippen molar-refractivity contribution in [1.29, 1.82) is 0 Å². The highest BCUT2D eigenvalue weighted by Gasteiger charge is 2.27. The van der Waals surface area contributed by atoms with E-state index in [1.54, 1.807) is 11.8 Å². The van der Waals surface area contributed by atoms with Gasteiger partial charge in [0.05, 0.1) is 18.8 Å². The van der Waals surface area contributed by atoms with E-state index in [2.05, 4.69) is 54.8 Å². The molecule has 4 heteroatoms. The maximum absolute atomic E-state index is 5.90. The Hall–Kier alpha value is -0.550. The van der Waals surface area contributed by atoms with Crippen LogP contribution in [0.2, 0.25) is 0 Å². The summed E-state index contributed by atoms with van der Waals surface area (Å²) in [5, 5.41) is 3.41. The second-order valence-electron chi connectivity index (χ2n) is 4.79. The molecule has 0 aromatic heterocycles. The molecule has 1 N–H and O–H groups in total. The first kappa shape index (κ1) is 13.9. The van der Waals surface area contributed by atoms with Gasteiger partial charge in [-0.05, 0) is 38.0 Å². The van der Waals surface area contributed by atoms with Gasteiger partial charge in [-0.2, -0.15) is 0 Å². The molecule has 0 amide bonds. The van der Waals surface area contributed by atoms with Gasteiger partial charge in [-0.25, -0.2) is 0 Å². The van der Waals surface area contributed by atoms with E-state index in [9.17, 15) is 0 Å². The molecule has 1 aliphatic heterocycles. The van der Waals surface area contributed by atoms with Gasteiger partial charge in [-0.3, -0.25) is 0 Å². The van der Waals surface area contributed by atoms with Crippen LogP contribution in [0.15, 0.2) is 29.2 Å². The first-order valence-corrected chi connectivity index (χ1v) is 7.57. The number of thioether (sulfide) groups is 1. The number of morpholine rings is 1. The number of benzene rings is 1. The summed E-state index contributed by atoms with van der Waals surface area (Å²) < 4.78 is 5.90. The third kappa shape index (κ3) is 3.26. The zero-order valence-corrected chi connectivity index (χ0v) is 12.2. The van der Waals surface area contributed by atoms with E-state index in [-0.39, 0.29) is 6.10 Å². The molecule has 0 saturated carbocycles. The average molecular weight is 266 g/mol. The van der Waals surface area contributed by atoms with Crippen LogP contribution in [0.25, 0.3) is 0 Å². The molecule has 18 heavy (non-hydrogen) atoms. The number of nitrogens with zero attached hydrogens (tertiary/aromatic N) is 1. The molecule has 0 radical (unpaired) electrons. The summed E-state index contributed by atoms with van der Waals surface area (Å²) in [7, 11) is 4.23. The van der Waals surface area contributed by atoms with Crippen molar-refractivity contribution < 1.29 is 4.74 Å². The summed E-state index contributed by atoms with van der Waals surface area (Å²) in [5.74, 6) is 0. The van der Waals surface area contributed by atoms with Crippen LogP contribution >= 0.6 is 11.8 Å². The molecule has 1 aliphatic rings. The van der Waals surface area contributed by atoms with E-state index >= 15 is 0 Å². The Balaban J connectivity index is 2.17. The Labute approximate surface area is 114 Å². The number of hydrogen-bond acceptors (Lipinski definition) is 4. The minimum absolute atomic E-state index is 0.230. The first-order chi connectivity index (χ1) is 8.72. The standard InChI is InChI=1S/C14H22N2OS/c1-16(2)14(13-10-15-8-9-17-13)11-4-6-12(18-3)7-5-11/h4-7,13-15H,8-10H2,1-3H3. The molecule has 0 spiro atoms. The molecule has 3 nitrogen and oxygen atoms in total. The second-order valence-corrected chi connectivity index (χ2v) is 5.67. The van der Waals surface area contributed by atoms with E-state index in [0.29, 0.717) is 6.04 Å². The third-order valence-corrected chi connectivity index (χ3v) is 4.07. The SMILES string of the molecule is CSc1ccc(C(C2CNCCO2)N(C)C)cc1. The van der Waals surface area contributed by atoms with Crippen molar-refractivity contribution in [3.63, 3.8) is 0 Å². The maximum Gasteiger partial charge on any atom is 0.0896 e. The summed E-state index contributed by atoms with van der Waals surface area (Å²) in [6.07, 6.45) is 2.33. The Bertz CT molecular complexity index is 361. The molecule has 1 aromatic rings. The average Bonchev–Trinajstić information content (AvgIpc) is 2.40. The summed E-state index contributed by atoms with van der Waals surface area (Å²) in [4.78, 5) is 3.55. The highest BCUT2D eigenvalue weighted by molar-refractivity contribution is 7.98. The Kier molecular flexibility index (Phi) is 5.06. The van der Waals surface area contributed by atoms with E-state index in [1.165, 1.54) is 10.5 Å². The third-order valence-electron chi connectivity index (χ3n) is 3.32. The minimum atomic E-state index is 0.230. The van der Waals surface area contributed by atoms with Crippen LogP contribution in [0, 0.1) is 0 Å². The van der Waals surface area contributed by atoms with Crippen LogP contribution < -0.4 is 5.32 Å². The predicted molar refractivity (Wildman–Crippen MR) is 77.3 cm³/mol. The Morgan fingerprint density at radius 1 is 1.33 bits per heavy atom. The van der Waals surface area contributed by atoms with Crippen LogP contribution in [0.3, 0.4) is 0 Å². The van der Waals surface area contributed by atoms with Crippen molar-refractivity contribution in [2.45, 2.75) is 17.0 Å². The van der Waals surface area contributed by atoms with E-state index in [1.807, 2.05) is 0 Å². The van der Waals surface area contributed by atoms with Crippen molar-refractivity contribution in [2.75, 3.05) is 40.0 Å². The molecule has 2 unspecified atom stereocenters. The second kappa shape index (κ2) is 6.57. The van der Waals surface area contributed by atoms with Crippen molar-refractivity contribution in [3.8, 4) is 0 Å². The molecular formula is C14H22N2OS. The van der Waals surface area contributed by atoms with E-state index in [4.69, 9.17) is 4.74 Å². The van der Waals surface area contributed by atoms with E-state index in [0.717, 1.165) is 19.7 Å². The zero-order valence-electron chi connectivity index (χ0n) is 11.3. The fourth-order valence-electron chi connectivity index (χ4n) is 2.43. The van der Waals surface area contributed by atoms with Crippen molar-refractivity contribution in [1.82, 2.24) is 10.2 Å². The number of hydrogen-bond donors (Lipinski definition) is 1. The number of rotatable bonds is 4. The molecule has 2 atom stereocenters.